The van der Waals surface area contributed by atoms with Crippen molar-refractivity contribution >= 4 is 23.4 Å². The van der Waals surface area contributed by atoms with Crippen molar-refractivity contribution in [2.24, 2.45) is 0 Å². The predicted octanol–water partition coefficient (Wildman–Crippen LogP) is 4.30. The first-order valence-electron chi connectivity index (χ1n) is 6.37. The molecule has 1 amide bonds. The zero-order valence-corrected chi connectivity index (χ0v) is 12.4. The third-order valence-corrected chi connectivity index (χ3v) is 3.66. The number of carbonyl (C=O) groups excluding carboxylic acids is 1. The van der Waals surface area contributed by atoms with Crippen molar-refractivity contribution in [3.05, 3.63) is 54.1 Å². The van der Waals surface area contributed by atoms with Crippen LogP contribution in [0.5, 0.6) is 5.75 Å². The average Bonchev–Trinajstić information content (AvgIpc) is 2.50. The van der Waals surface area contributed by atoms with E-state index in [1.54, 1.807) is 0 Å². The van der Waals surface area contributed by atoms with Gasteiger partial charge in [0, 0.05) is 4.90 Å². The van der Waals surface area contributed by atoms with Gasteiger partial charge in [-0.05, 0) is 30.3 Å². The third-order valence-electron chi connectivity index (χ3n) is 2.63. The quantitative estimate of drug-likeness (QED) is 0.627. The molecule has 1 N–H and O–H groups in total. The number of hydrogen-bond acceptors (Lipinski definition) is 3. The molecule has 2 aromatic rings. The minimum atomic E-state index is -3.02. The summed E-state index contributed by atoms with van der Waals surface area (Å²) in [5, 5.41) is 2.39. The number of halogens is 4. The van der Waals surface area contributed by atoms with Gasteiger partial charge in [-0.3, -0.25) is 4.79 Å². The van der Waals surface area contributed by atoms with E-state index in [0.717, 1.165) is 30.0 Å². The van der Waals surface area contributed by atoms with Crippen LogP contribution in [0.25, 0.3) is 0 Å². The Morgan fingerprint density at radius 3 is 2.65 bits per heavy atom. The van der Waals surface area contributed by atoms with Crippen molar-refractivity contribution in [3.63, 3.8) is 0 Å². The molecule has 0 aliphatic heterocycles. The summed E-state index contributed by atoms with van der Waals surface area (Å²) in [6, 6.07) is 8.58. The summed E-state index contributed by atoms with van der Waals surface area (Å²) in [5.74, 6) is -2.24. The van der Waals surface area contributed by atoms with Gasteiger partial charge in [-0.25, -0.2) is 8.78 Å². The molecule has 0 atom stereocenters. The van der Waals surface area contributed by atoms with Crippen molar-refractivity contribution in [1.82, 2.24) is 0 Å². The molecule has 0 saturated carbocycles. The van der Waals surface area contributed by atoms with Crippen LogP contribution in [0.2, 0.25) is 0 Å². The third kappa shape index (κ3) is 5.17. The molecule has 0 aliphatic rings. The van der Waals surface area contributed by atoms with Gasteiger partial charge < -0.3 is 10.1 Å². The fraction of sp³-hybridized carbons (Fsp3) is 0.133. The Morgan fingerprint density at radius 1 is 1.17 bits per heavy atom. The van der Waals surface area contributed by atoms with Gasteiger partial charge in [0.2, 0.25) is 5.91 Å². The first kappa shape index (κ1) is 17.1. The van der Waals surface area contributed by atoms with Crippen LogP contribution in [0, 0.1) is 11.6 Å². The number of rotatable bonds is 6. The average molecular weight is 345 g/mol. The van der Waals surface area contributed by atoms with Crippen LogP contribution >= 0.6 is 11.8 Å². The van der Waals surface area contributed by atoms with Gasteiger partial charge in [-0.1, -0.05) is 12.1 Å². The lowest BCUT2D eigenvalue weighted by molar-refractivity contribution is -0.113. The lowest BCUT2D eigenvalue weighted by Crippen LogP contribution is -2.15. The fourth-order valence-electron chi connectivity index (χ4n) is 1.69. The van der Waals surface area contributed by atoms with Gasteiger partial charge in [0.15, 0.2) is 0 Å². The highest BCUT2D eigenvalue weighted by atomic mass is 32.2. The molecule has 0 fully saturated rings. The second-order valence-corrected chi connectivity index (χ2v) is 5.30. The highest BCUT2D eigenvalue weighted by molar-refractivity contribution is 8.00. The number of nitrogens with one attached hydrogen (secondary N) is 1. The number of benzene rings is 2. The van der Waals surface area contributed by atoms with E-state index in [1.165, 1.54) is 24.3 Å². The van der Waals surface area contributed by atoms with E-state index in [2.05, 4.69) is 10.1 Å². The van der Waals surface area contributed by atoms with Gasteiger partial charge in [0.25, 0.3) is 0 Å². The maximum atomic E-state index is 13.4. The Kier molecular flexibility index (Phi) is 5.86. The molecular formula is C15H11F4NO2S. The number of thioether (sulfide) groups is 1. The SMILES string of the molecule is O=C(CSc1cc(F)ccc1F)Nc1ccccc1OC(F)F. The Morgan fingerprint density at radius 2 is 1.91 bits per heavy atom. The number of ether oxygens (including phenoxy) is 1. The standard InChI is InChI=1S/C15H11F4NO2S/c16-9-5-6-10(17)13(7-9)23-8-14(21)20-11-3-1-2-4-12(11)22-15(18)19/h1-7,15H,8H2,(H,20,21). The summed E-state index contributed by atoms with van der Waals surface area (Å²) in [4.78, 5) is 11.8. The molecule has 0 saturated heterocycles. The number of hydrogen-bond donors (Lipinski definition) is 1. The van der Waals surface area contributed by atoms with E-state index in [4.69, 9.17) is 0 Å². The van der Waals surface area contributed by atoms with E-state index in [0.29, 0.717) is 0 Å². The first-order chi connectivity index (χ1) is 11.0. The Labute approximate surface area is 133 Å². The van der Waals surface area contributed by atoms with Gasteiger partial charge >= 0.3 is 6.61 Å². The molecule has 23 heavy (non-hydrogen) atoms. The number of alkyl halides is 2. The Balaban J connectivity index is 1.99. The maximum Gasteiger partial charge on any atom is 0.387 e. The second kappa shape index (κ2) is 7.87. The molecule has 2 rings (SSSR count). The van der Waals surface area contributed by atoms with Crippen LogP contribution in [0.4, 0.5) is 23.2 Å². The van der Waals surface area contributed by atoms with E-state index in [9.17, 15) is 22.4 Å². The summed E-state index contributed by atoms with van der Waals surface area (Å²) in [5.41, 5.74) is 0.0677. The molecule has 2 aromatic carbocycles. The molecule has 0 aromatic heterocycles. The Bertz CT molecular complexity index is 697. The van der Waals surface area contributed by atoms with Crippen molar-refractivity contribution < 1.29 is 27.1 Å². The monoisotopic (exact) mass is 345 g/mol. The molecule has 0 heterocycles. The number of para-hydroxylation sites is 2. The van der Waals surface area contributed by atoms with Crippen LogP contribution in [-0.2, 0) is 4.79 Å². The Hall–Kier alpha value is -2.22. The maximum absolute atomic E-state index is 13.4. The van der Waals surface area contributed by atoms with Crippen molar-refractivity contribution in [2.45, 2.75) is 11.5 Å². The normalized spacial score (nSPS) is 10.7. The fourth-order valence-corrected chi connectivity index (χ4v) is 2.45. The summed E-state index contributed by atoms with van der Waals surface area (Å²) in [6.45, 7) is -3.02. The van der Waals surface area contributed by atoms with Gasteiger partial charge in [-0.2, -0.15) is 8.78 Å². The molecule has 3 nitrogen and oxygen atoms in total. The molecule has 0 aliphatic carbocycles. The van der Waals surface area contributed by atoms with Crippen LogP contribution in [0.1, 0.15) is 0 Å². The van der Waals surface area contributed by atoms with Crippen LogP contribution in [-0.4, -0.2) is 18.3 Å². The molecule has 0 spiro atoms. The zero-order valence-electron chi connectivity index (χ0n) is 11.6. The minimum Gasteiger partial charge on any atom is -0.433 e. The van der Waals surface area contributed by atoms with E-state index >= 15 is 0 Å². The number of carbonyl (C=O) groups is 1. The zero-order chi connectivity index (χ0) is 16.8. The summed E-state index contributed by atoms with van der Waals surface area (Å²) in [7, 11) is 0. The van der Waals surface area contributed by atoms with Gasteiger partial charge in [-0.15, -0.1) is 11.8 Å². The largest absolute Gasteiger partial charge is 0.433 e. The van der Waals surface area contributed by atoms with E-state index in [1.807, 2.05) is 0 Å². The smallest absolute Gasteiger partial charge is 0.387 e. The number of anilines is 1. The molecule has 8 heteroatoms. The van der Waals surface area contributed by atoms with Gasteiger partial charge in [0.05, 0.1) is 11.4 Å². The highest BCUT2D eigenvalue weighted by Gasteiger charge is 2.13. The molecule has 0 radical (unpaired) electrons. The van der Waals surface area contributed by atoms with Gasteiger partial charge in [0.1, 0.15) is 17.4 Å². The van der Waals surface area contributed by atoms with Crippen molar-refractivity contribution in [3.8, 4) is 5.75 Å². The minimum absolute atomic E-state index is 0.0164. The summed E-state index contributed by atoms with van der Waals surface area (Å²) < 4.78 is 55.3. The van der Waals surface area contributed by atoms with E-state index < -0.39 is 24.2 Å². The number of amides is 1. The lowest BCUT2D eigenvalue weighted by Gasteiger charge is -2.11. The first-order valence-corrected chi connectivity index (χ1v) is 7.36. The summed E-state index contributed by atoms with van der Waals surface area (Å²) >= 11 is 0.792. The van der Waals surface area contributed by atoms with Crippen molar-refractivity contribution in [2.75, 3.05) is 11.1 Å². The molecular weight excluding hydrogens is 334 g/mol. The predicted molar refractivity (Wildman–Crippen MR) is 78.8 cm³/mol. The van der Waals surface area contributed by atoms with E-state index in [-0.39, 0.29) is 22.1 Å². The van der Waals surface area contributed by atoms with Crippen LogP contribution < -0.4 is 10.1 Å². The van der Waals surface area contributed by atoms with Crippen LogP contribution in [0.3, 0.4) is 0 Å². The topological polar surface area (TPSA) is 38.3 Å². The van der Waals surface area contributed by atoms with Crippen molar-refractivity contribution in [1.29, 1.82) is 0 Å². The molecule has 122 valence electrons. The van der Waals surface area contributed by atoms with Crippen LogP contribution in [0.15, 0.2) is 47.4 Å². The second-order valence-electron chi connectivity index (χ2n) is 4.29. The highest BCUT2D eigenvalue weighted by Crippen LogP contribution is 2.27. The summed E-state index contributed by atoms with van der Waals surface area (Å²) in [6.07, 6.45) is 0. The molecule has 0 bridgehead atoms. The molecule has 0 unspecified atom stereocenters. The lowest BCUT2D eigenvalue weighted by atomic mass is 10.3.